The van der Waals surface area contributed by atoms with E-state index in [-0.39, 0.29) is 17.7 Å². The molecule has 0 aromatic carbocycles. The van der Waals surface area contributed by atoms with E-state index in [0.29, 0.717) is 5.82 Å². The summed E-state index contributed by atoms with van der Waals surface area (Å²) in [5, 5.41) is 13.5. The minimum atomic E-state index is -0.219. The Bertz CT molecular complexity index is 469. The molecule has 2 rings (SSSR count). The molecule has 7 nitrogen and oxygen atoms in total. The molecule has 0 atom stereocenters. The SMILES string of the molecule is Cc1noc(NC(=O)CSc2nncs2)n1. The Balaban J connectivity index is 1.81. The van der Waals surface area contributed by atoms with Gasteiger partial charge >= 0.3 is 6.01 Å². The van der Waals surface area contributed by atoms with E-state index in [0.717, 1.165) is 4.34 Å². The van der Waals surface area contributed by atoms with E-state index >= 15 is 0 Å². The van der Waals surface area contributed by atoms with Gasteiger partial charge < -0.3 is 4.52 Å². The molecule has 0 unspecified atom stereocenters. The molecule has 2 heterocycles. The number of nitrogens with one attached hydrogen (secondary N) is 1. The summed E-state index contributed by atoms with van der Waals surface area (Å²) in [7, 11) is 0. The number of carbonyl (C=O) groups is 1. The van der Waals surface area contributed by atoms with E-state index in [2.05, 4.69) is 25.7 Å². The Kier molecular flexibility index (Phi) is 3.47. The monoisotopic (exact) mass is 257 g/mol. The number of anilines is 1. The highest BCUT2D eigenvalue weighted by Gasteiger charge is 2.09. The first-order valence-electron chi connectivity index (χ1n) is 4.23. The summed E-state index contributed by atoms with van der Waals surface area (Å²) < 4.78 is 5.49. The zero-order chi connectivity index (χ0) is 11.4. The van der Waals surface area contributed by atoms with Crippen LogP contribution < -0.4 is 5.32 Å². The van der Waals surface area contributed by atoms with Gasteiger partial charge in [0.25, 0.3) is 0 Å². The summed E-state index contributed by atoms with van der Waals surface area (Å²) in [6, 6.07) is 0.111. The Morgan fingerprint density at radius 1 is 1.69 bits per heavy atom. The molecular weight excluding hydrogens is 250 g/mol. The third-order valence-electron chi connectivity index (χ3n) is 1.44. The van der Waals surface area contributed by atoms with Crippen molar-refractivity contribution >= 4 is 35.0 Å². The van der Waals surface area contributed by atoms with Gasteiger partial charge in [0.1, 0.15) is 5.51 Å². The third kappa shape index (κ3) is 3.00. The molecule has 0 fully saturated rings. The van der Waals surface area contributed by atoms with Crippen LogP contribution >= 0.6 is 23.1 Å². The molecule has 2 aromatic heterocycles. The predicted octanol–water partition coefficient (Wildman–Crippen LogP) is 0.960. The molecule has 2 aromatic rings. The lowest BCUT2D eigenvalue weighted by molar-refractivity contribution is -0.114. The van der Waals surface area contributed by atoms with Gasteiger partial charge in [-0.3, -0.25) is 10.1 Å². The van der Waals surface area contributed by atoms with Crippen molar-refractivity contribution in [2.45, 2.75) is 11.3 Å². The zero-order valence-corrected chi connectivity index (χ0v) is 9.84. The lowest BCUT2D eigenvalue weighted by atomic mass is 10.7. The summed E-state index contributed by atoms with van der Waals surface area (Å²) in [6.45, 7) is 1.68. The number of hydrogen-bond acceptors (Lipinski definition) is 8. The second-order valence-corrected chi connectivity index (χ2v) is 4.74. The van der Waals surface area contributed by atoms with E-state index < -0.39 is 0 Å². The Labute approximate surface area is 98.7 Å². The minimum Gasteiger partial charge on any atom is -0.315 e. The van der Waals surface area contributed by atoms with E-state index in [9.17, 15) is 4.79 Å². The fourth-order valence-corrected chi connectivity index (χ4v) is 2.14. The molecule has 16 heavy (non-hydrogen) atoms. The number of thioether (sulfide) groups is 1. The van der Waals surface area contributed by atoms with Crippen LogP contribution in [-0.2, 0) is 4.79 Å². The highest BCUT2D eigenvalue weighted by Crippen LogP contribution is 2.18. The first-order valence-corrected chi connectivity index (χ1v) is 6.09. The first-order chi connectivity index (χ1) is 7.74. The molecule has 0 saturated heterocycles. The van der Waals surface area contributed by atoms with Crippen LogP contribution in [0.15, 0.2) is 14.4 Å². The first kappa shape index (κ1) is 11.0. The fourth-order valence-electron chi connectivity index (χ4n) is 0.856. The molecule has 84 valence electrons. The summed E-state index contributed by atoms with van der Waals surface area (Å²) in [5.41, 5.74) is 1.61. The summed E-state index contributed by atoms with van der Waals surface area (Å²) in [4.78, 5) is 15.3. The molecule has 9 heteroatoms. The van der Waals surface area contributed by atoms with Crippen molar-refractivity contribution in [3.05, 3.63) is 11.3 Å². The smallest absolute Gasteiger partial charge is 0.315 e. The van der Waals surface area contributed by atoms with Crippen LogP contribution in [0.1, 0.15) is 5.82 Å². The van der Waals surface area contributed by atoms with Crippen LogP contribution in [0.4, 0.5) is 6.01 Å². The van der Waals surface area contributed by atoms with Gasteiger partial charge in [0.2, 0.25) is 5.91 Å². The van der Waals surface area contributed by atoms with Gasteiger partial charge in [0.15, 0.2) is 10.2 Å². The molecule has 0 aliphatic heterocycles. The molecule has 0 saturated carbocycles. The third-order valence-corrected chi connectivity index (χ3v) is 3.30. The molecule has 0 bridgehead atoms. The van der Waals surface area contributed by atoms with Crippen LogP contribution in [-0.4, -0.2) is 32.0 Å². The summed E-state index contributed by atoms with van der Waals surface area (Å²) in [5.74, 6) is 0.493. The highest BCUT2D eigenvalue weighted by atomic mass is 32.2. The normalized spacial score (nSPS) is 10.3. The van der Waals surface area contributed by atoms with E-state index in [1.807, 2.05) is 0 Å². The topological polar surface area (TPSA) is 93.8 Å². The lowest BCUT2D eigenvalue weighted by Crippen LogP contribution is -2.14. The summed E-state index contributed by atoms with van der Waals surface area (Å²) >= 11 is 2.69. The number of amides is 1. The number of carbonyl (C=O) groups excluding carboxylic acids is 1. The number of aryl methyl sites for hydroxylation is 1. The van der Waals surface area contributed by atoms with Gasteiger partial charge in [-0.05, 0) is 6.92 Å². The van der Waals surface area contributed by atoms with Crippen LogP contribution in [0.3, 0.4) is 0 Å². The van der Waals surface area contributed by atoms with E-state index in [4.69, 9.17) is 4.52 Å². The van der Waals surface area contributed by atoms with Gasteiger partial charge in [-0.25, -0.2) is 0 Å². The van der Waals surface area contributed by atoms with Crippen LogP contribution in [0.2, 0.25) is 0 Å². The number of aromatic nitrogens is 4. The Hall–Kier alpha value is -1.48. The van der Waals surface area contributed by atoms with Gasteiger partial charge in [0, 0.05) is 0 Å². The van der Waals surface area contributed by atoms with Crippen molar-refractivity contribution in [3.63, 3.8) is 0 Å². The average Bonchev–Trinajstić information content (AvgIpc) is 2.87. The lowest BCUT2D eigenvalue weighted by Gasteiger charge is -1.96. The van der Waals surface area contributed by atoms with Crippen molar-refractivity contribution in [3.8, 4) is 0 Å². The molecule has 1 amide bonds. The highest BCUT2D eigenvalue weighted by molar-refractivity contribution is 8.01. The number of hydrogen-bond donors (Lipinski definition) is 1. The van der Waals surface area contributed by atoms with Gasteiger partial charge in [0.05, 0.1) is 5.75 Å². The van der Waals surface area contributed by atoms with E-state index in [1.54, 1.807) is 12.4 Å². The standard InChI is InChI=1S/C7H7N5O2S2/c1-4-9-6(14-12-4)10-5(13)2-15-7-11-8-3-16-7/h3H,2H2,1H3,(H,9,10,12,13). The maximum absolute atomic E-state index is 11.4. The second kappa shape index (κ2) is 5.03. The number of rotatable bonds is 4. The van der Waals surface area contributed by atoms with E-state index in [1.165, 1.54) is 23.1 Å². The van der Waals surface area contributed by atoms with Crippen molar-refractivity contribution < 1.29 is 9.32 Å². The molecule has 0 aliphatic carbocycles. The minimum absolute atomic E-state index is 0.111. The van der Waals surface area contributed by atoms with Gasteiger partial charge in [-0.1, -0.05) is 28.3 Å². The molecule has 1 N–H and O–H groups in total. The maximum atomic E-state index is 11.4. The second-order valence-electron chi connectivity index (χ2n) is 2.69. The number of nitrogens with zero attached hydrogens (tertiary/aromatic N) is 4. The largest absolute Gasteiger partial charge is 0.328 e. The maximum Gasteiger partial charge on any atom is 0.328 e. The van der Waals surface area contributed by atoms with Crippen molar-refractivity contribution in [1.29, 1.82) is 0 Å². The van der Waals surface area contributed by atoms with Gasteiger partial charge in [-0.15, -0.1) is 10.2 Å². The average molecular weight is 257 g/mol. The van der Waals surface area contributed by atoms with Crippen molar-refractivity contribution in [1.82, 2.24) is 20.3 Å². The van der Waals surface area contributed by atoms with Crippen molar-refractivity contribution in [2.24, 2.45) is 0 Å². The predicted molar refractivity (Wildman–Crippen MR) is 58.3 cm³/mol. The Morgan fingerprint density at radius 3 is 3.19 bits per heavy atom. The van der Waals surface area contributed by atoms with Crippen molar-refractivity contribution in [2.75, 3.05) is 11.1 Å². The Morgan fingerprint density at radius 2 is 2.56 bits per heavy atom. The van der Waals surface area contributed by atoms with Crippen LogP contribution in [0, 0.1) is 6.92 Å². The van der Waals surface area contributed by atoms with Crippen LogP contribution in [0.25, 0.3) is 0 Å². The quantitative estimate of drug-likeness (QED) is 0.815. The molecule has 0 spiro atoms. The summed E-state index contributed by atoms with van der Waals surface area (Å²) in [6.07, 6.45) is 0. The molecular formula is C7H7N5O2S2. The van der Waals surface area contributed by atoms with Crippen LogP contribution in [0.5, 0.6) is 0 Å². The zero-order valence-electron chi connectivity index (χ0n) is 8.21. The van der Waals surface area contributed by atoms with Gasteiger partial charge in [-0.2, -0.15) is 4.98 Å². The molecule has 0 aliphatic rings. The molecule has 0 radical (unpaired) electrons. The fraction of sp³-hybridized carbons (Fsp3) is 0.286.